The number of aliphatic carboxylic acids is 2. The van der Waals surface area contributed by atoms with Crippen LogP contribution < -0.4 is 0 Å². The van der Waals surface area contributed by atoms with Gasteiger partial charge in [-0.05, 0) is 54.2 Å². The molecule has 0 amide bonds. The van der Waals surface area contributed by atoms with Crippen molar-refractivity contribution in [2.75, 3.05) is 13.1 Å². The van der Waals surface area contributed by atoms with E-state index in [0.717, 1.165) is 38.3 Å². The summed E-state index contributed by atoms with van der Waals surface area (Å²) in [6.45, 7) is 3.09. The summed E-state index contributed by atoms with van der Waals surface area (Å²) in [5.41, 5.74) is 1.43. The molecule has 1 fully saturated rings. The number of benzene rings is 1. The Morgan fingerprint density at radius 1 is 1.05 bits per heavy atom. The molecule has 3 heterocycles. The standard InChI is InChI=1S/C19H23N3OS.2C2HF3O2/c1-21-11-8-20-19(21)18(23)14-6-9-22(10-7-14)12-15-13-24-17-5-3-2-4-16(15)17;2*3-2(4,5)1(6)7/h2-5,8,11,13-14,18,23H,6-7,9-10,12H2,1H3;2*(H,6,7). The Balaban J connectivity index is 0.000000301. The number of likely N-dealkylation sites (tertiary alicyclic amines) is 1. The number of rotatable bonds is 4. The minimum atomic E-state index is -5.08. The molecule has 0 saturated carbocycles. The molecule has 0 bridgehead atoms. The van der Waals surface area contributed by atoms with Gasteiger partial charge in [-0.25, -0.2) is 14.6 Å². The number of alkyl halides is 6. The number of carboxylic acid groups (broad SMARTS) is 2. The van der Waals surface area contributed by atoms with E-state index in [0.29, 0.717) is 5.92 Å². The van der Waals surface area contributed by atoms with E-state index >= 15 is 0 Å². The van der Waals surface area contributed by atoms with Crippen LogP contribution in [-0.2, 0) is 23.2 Å². The lowest BCUT2D eigenvalue weighted by molar-refractivity contribution is -0.193. The maximum atomic E-state index is 10.6. The number of hydrogen-bond acceptors (Lipinski definition) is 6. The van der Waals surface area contributed by atoms with Gasteiger partial charge in [0.05, 0.1) is 0 Å². The highest BCUT2D eigenvalue weighted by Crippen LogP contribution is 2.32. The maximum absolute atomic E-state index is 10.6. The first-order chi connectivity index (χ1) is 17.6. The number of piperidine rings is 1. The van der Waals surface area contributed by atoms with Crippen molar-refractivity contribution in [2.45, 2.75) is 37.8 Å². The molecule has 0 radical (unpaired) electrons. The fourth-order valence-electron chi connectivity index (χ4n) is 3.70. The lowest BCUT2D eigenvalue weighted by atomic mass is 9.90. The molecule has 1 saturated heterocycles. The fourth-order valence-corrected chi connectivity index (χ4v) is 4.65. The molecule has 15 heteroatoms. The average molecular weight is 570 g/mol. The molecular formula is C23H25F6N3O5S. The van der Waals surface area contributed by atoms with Gasteiger partial charge in [-0.1, -0.05) is 18.2 Å². The second-order valence-corrected chi connectivity index (χ2v) is 9.23. The molecule has 1 aliphatic heterocycles. The second kappa shape index (κ2) is 13.1. The number of aromatic nitrogens is 2. The Kier molecular flexibility index (Phi) is 10.7. The Morgan fingerprint density at radius 3 is 2.05 bits per heavy atom. The Morgan fingerprint density at radius 2 is 1.58 bits per heavy atom. The number of carboxylic acids is 2. The van der Waals surface area contributed by atoms with Gasteiger partial charge in [0.1, 0.15) is 11.9 Å². The molecule has 3 aromatic rings. The van der Waals surface area contributed by atoms with E-state index in [2.05, 4.69) is 39.5 Å². The van der Waals surface area contributed by atoms with Crippen molar-refractivity contribution in [3.05, 3.63) is 53.4 Å². The topological polar surface area (TPSA) is 116 Å². The van der Waals surface area contributed by atoms with Crippen LogP contribution in [-0.4, -0.2) is 67.2 Å². The van der Waals surface area contributed by atoms with Gasteiger partial charge in [-0.3, -0.25) is 4.90 Å². The summed E-state index contributed by atoms with van der Waals surface area (Å²) >= 11 is 1.83. The number of nitrogens with zero attached hydrogens (tertiary/aromatic N) is 3. The van der Waals surface area contributed by atoms with Crippen LogP contribution >= 0.6 is 11.3 Å². The highest BCUT2D eigenvalue weighted by Gasteiger charge is 2.39. The summed E-state index contributed by atoms with van der Waals surface area (Å²) in [5.74, 6) is -4.42. The van der Waals surface area contributed by atoms with Gasteiger partial charge in [0.2, 0.25) is 0 Å². The molecular weight excluding hydrogens is 544 g/mol. The van der Waals surface area contributed by atoms with Crippen LogP contribution in [0.5, 0.6) is 0 Å². The number of imidazole rings is 1. The van der Waals surface area contributed by atoms with E-state index in [1.807, 2.05) is 29.1 Å². The third-order valence-electron chi connectivity index (χ3n) is 5.64. The number of thiophene rings is 1. The van der Waals surface area contributed by atoms with Crippen LogP contribution in [0.2, 0.25) is 0 Å². The Bertz CT molecular complexity index is 1180. The summed E-state index contributed by atoms with van der Waals surface area (Å²) in [4.78, 5) is 24.6. The first-order valence-electron chi connectivity index (χ1n) is 11.0. The third kappa shape index (κ3) is 8.99. The van der Waals surface area contributed by atoms with Crippen LogP contribution in [0.1, 0.15) is 30.3 Å². The largest absolute Gasteiger partial charge is 0.490 e. The normalized spacial score (nSPS) is 15.7. The zero-order chi connectivity index (χ0) is 28.7. The highest BCUT2D eigenvalue weighted by molar-refractivity contribution is 7.17. The SMILES string of the molecule is Cn1ccnc1C(O)C1CCN(Cc2csc3ccccc23)CC1.O=C(O)C(F)(F)F.O=C(O)C(F)(F)F. The van der Waals surface area contributed by atoms with Crippen LogP contribution in [0.4, 0.5) is 26.3 Å². The molecule has 0 spiro atoms. The number of aliphatic hydroxyl groups excluding tert-OH is 1. The summed E-state index contributed by atoms with van der Waals surface area (Å²) < 4.78 is 66.8. The van der Waals surface area contributed by atoms with Gasteiger partial charge in [0.15, 0.2) is 0 Å². The molecule has 1 unspecified atom stereocenters. The van der Waals surface area contributed by atoms with Gasteiger partial charge in [-0.15, -0.1) is 11.3 Å². The van der Waals surface area contributed by atoms with Gasteiger partial charge in [0, 0.05) is 30.7 Å². The Labute approximate surface area is 216 Å². The van der Waals surface area contributed by atoms with Crippen LogP contribution in [0.25, 0.3) is 10.1 Å². The van der Waals surface area contributed by atoms with Gasteiger partial charge >= 0.3 is 24.3 Å². The van der Waals surface area contributed by atoms with Crippen molar-refractivity contribution in [3.8, 4) is 0 Å². The minimum Gasteiger partial charge on any atom is -0.475 e. The zero-order valence-electron chi connectivity index (χ0n) is 19.9. The molecule has 1 aliphatic rings. The molecule has 210 valence electrons. The number of carbonyl (C=O) groups is 2. The number of aliphatic hydroxyl groups is 1. The van der Waals surface area contributed by atoms with Gasteiger partial charge in [-0.2, -0.15) is 26.3 Å². The first kappa shape index (κ1) is 31.1. The number of halogens is 6. The smallest absolute Gasteiger partial charge is 0.475 e. The molecule has 1 aromatic carbocycles. The first-order valence-corrected chi connectivity index (χ1v) is 11.9. The van der Waals surface area contributed by atoms with E-state index in [1.165, 1.54) is 15.6 Å². The molecule has 4 rings (SSSR count). The van der Waals surface area contributed by atoms with Crippen LogP contribution in [0.15, 0.2) is 42.0 Å². The molecule has 1 atom stereocenters. The highest BCUT2D eigenvalue weighted by atomic mass is 32.1. The molecule has 2 aromatic heterocycles. The number of aryl methyl sites for hydroxylation is 1. The predicted molar refractivity (Wildman–Crippen MR) is 125 cm³/mol. The van der Waals surface area contributed by atoms with Crippen LogP contribution in [0, 0.1) is 5.92 Å². The molecule has 3 N–H and O–H groups in total. The monoisotopic (exact) mass is 569 g/mol. The lowest BCUT2D eigenvalue weighted by Gasteiger charge is -2.33. The van der Waals surface area contributed by atoms with Crippen molar-refractivity contribution in [1.82, 2.24) is 14.5 Å². The lowest BCUT2D eigenvalue weighted by Crippen LogP contribution is -2.35. The summed E-state index contributed by atoms with van der Waals surface area (Å²) in [7, 11) is 1.95. The van der Waals surface area contributed by atoms with Gasteiger partial charge in [0.25, 0.3) is 0 Å². The molecule has 8 nitrogen and oxygen atoms in total. The summed E-state index contributed by atoms with van der Waals surface area (Å²) in [6, 6.07) is 8.64. The van der Waals surface area contributed by atoms with Crippen molar-refractivity contribution in [2.24, 2.45) is 13.0 Å². The maximum Gasteiger partial charge on any atom is 0.490 e. The Hall–Kier alpha value is -3.17. The predicted octanol–water partition coefficient (Wildman–Crippen LogP) is 4.85. The van der Waals surface area contributed by atoms with Crippen molar-refractivity contribution in [1.29, 1.82) is 0 Å². The third-order valence-corrected chi connectivity index (χ3v) is 6.65. The summed E-state index contributed by atoms with van der Waals surface area (Å²) in [5, 5.41) is 28.5. The second-order valence-electron chi connectivity index (χ2n) is 8.32. The van der Waals surface area contributed by atoms with E-state index < -0.39 is 30.4 Å². The van der Waals surface area contributed by atoms with Crippen molar-refractivity contribution < 1.29 is 51.3 Å². The minimum absolute atomic E-state index is 0.307. The summed E-state index contributed by atoms with van der Waals surface area (Å²) in [6.07, 6.45) is -4.91. The fraction of sp³-hybridized carbons (Fsp3) is 0.435. The van der Waals surface area contributed by atoms with E-state index in [9.17, 15) is 31.4 Å². The van der Waals surface area contributed by atoms with E-state index in [1.54, 1.807) is 6.20 Å². The van der Waals surface area contributed by atoms with Crippen molar-refractivity contribution >= 4 is 33.4 Å². The number of hydrogen-bond donors (Lipinski definition) is 3. The zero-order valence-corrected chi connectivity index (χ0v) is 20.7. The van der Waals surface area contributed by atoms with Gasteiger partial charge < -0.3 is 19.9 Å². The number of fused-ring (bicyclic) bond motifs is 1. The van der Waals surface area contributed by atoms with E-state index in [4.69, 9.17) is 19.8 Å². The van der Waals surface area contributed by atoms with Crippen molar-refractivity contribution in [3.63, 3.8) is 0 Å². The van der Waals surface area contributed by atoms with E-state index in [-0.39, 0.29) is 0 Å². The average Bonchev–Trinajstić information content (AvgIpc) is 3.45. The van der Waals surface area contributed by atoms with Crippen LogP contribution in [0.3, 0.4) is 0 Å². The molecule has 0 aliphatic carbocycles. The molecule has 38 heavy (non-hydrogen) atoms. The quantitative estimate of drug-likeness (QED) is 0.385.